The predicted octanol–water partition coefficient (Wildman–Crippen LogP) is 0.898. The summed E-state index contributed by atoms with van der Waals surface area (Å²) in [7, 11) is 0. The fraction of sp³-hybridized carbons (Fsp3) is 0. The first kappa shape index (κ1) is 11.1. The highest BCUT2D eigenvalue weighted by atomic mass is 16.2. The van der Waals surface area contributed by atoms with Gasteiger partial charge in [-0.1, -0.05) is 0 Å². The molecule has 2 aromatic heterocycles. The van der Waals surface area contributed by atoms with E-state index in [0.29, 0.717) is 16.6 Å². The predicted molar refractivity (Wildman–Crippen MR) is 68.9 cm³/mol. The van der Waals surface area contributed by atoms with Crippen LogP contribution in [0.25, 0.3) is 11.0 Å². The van der Waals surface area contributed by atoms with Gasteiger partial charge in [0.25, 0.3) is 5.91 Å². The van der Waals surface area contributed by atoms with Gasteiger partial charge in [-0.05, 0) is 24.3 Å². The average molecular weight is 255 g/mol. The molecule has 0 fully saturated rings. The fourth-order valence-corrected chi connectivity index (χ4v) is 1.71. The molecule has 0 unspecified atom stereocenters. The van der Waals surface area contributed by atoms with Crippen LogP contribution >= 0.6 is 0 Å². The number of hydrogen-bond donors (Lipinski definition) is 3. The van der Waals surface area contributed by atoms with Gasteiger partial charge in [0.05, 0.1) is 11.0 Å². The van der Waals surface area contributed by atoms with Crippen LogP contribution < -0.4 is 11.0 Å². The van der Waals surface area contributed by atoms with Crippen molar-refractivity contribution in [3.05, 3.63) is 52.7 Å². The third-order valence-electron chi connectivity index (χ3n) is 2.57. The first-order valence-electron chi connectivity index (χ1n) is 5.53. The SMILES string of the molecule is O=C(Nc1ncccn1)c1ccc2[nH]c(=O)[nH]c2c1. The molecule has 19 heavy (non-hydrogen) atoms. The highest BCUT2D eigenvalue weighted by molar-refractivity contribution is 6.05. The van der Waals surface area contributed by atoms with Crippen LogP contribution in [0.1, 0.15) is 10.4 Å². The summed E-state index contributed by atoms with van der Waals surface area (Å²) in [5, 5.41) is 2.57. The molecule has 0 aliphatic carbocycles. The summed E-state index contributed by atoms with van der Waals surface area (Å²) in [5.74, 6) is -0.106. The van der Waals surface area contributed by atoms with E-state index >= 15 is 0 Å². The van der Waals surface area contributed by atoms with E-state index in [1.807, 2.05) is 0 Å². The maximum Gasteiger partial charge on any atom is 0.323 e. The minimum atomic E-state index is -0.338. The Bertz CT molecular complexity index is 790. The van der Waals surface area contributed by atoms with Gasteiger partial charge in [-0.2, -0.15) is 0 Å². The number of imidazole rings is 1. The quantitative estimate of drug-likeness (QED) is 0.632. The van der Waals surface area contributed by atoms with E-state index in [1.165, 1.54) is 12.4 Å². The van der Waals surface area contributed by atoms with Crippen molar-refractivity contribution in [1.29, 1.82) is 0 Å². The monoisotopic (exact) mass is 255 g/mol. The number of nitrogens with one attached hydrogen (secondary N) is 3. The van der Waals surface area contributed by atoms with E-state index in [-0.39, 0.29) is 17.5 Å². The Morgan fingerprint density at radius 1 is 1.11 bits per heavy atom. The number of hydrogen-bond acceptors (Lipinski definition) is 4. The maximum absolute atomic E-state index is 12.0. The van der Waals surface area contributed by atoms with Crippen molar-refractivity contribution in [2.75, 3.05) is 5.32 Å². The first-order chi connectivity index (χ1) is 9.22. The number of fused-ring (bicyclic) bond motifs is 1. The molecule has 94 valence electrons. The topological polar surface area (TPSA) is 104 Å². The van der Waals surface area contributed by atoms with E-state index in [0.717, 1.165) is 0 Å². The Hall–Kier alpha value is -2.96. The molecule has 3 rings (SSSR count). The summed E-state index contributed by atoms with van der Waals surface area (Å²) in [6.07, 6.45) is 3.07. The molecule has 0 saturated carbocycles. The molecular formula is C12H9N5O2. The molecule has 3 N–H and O–H groups in total. The number of carbonyl (C=O) groups excluding carboxylic acids is 1. The lowest BCUT2D eigenvalue weighted by Gasteiger charge is -2.02. The van der Waals surface area contributed by atoms with Crippen LogP contribution in [0.2, 0.25) is 0 Å². The molecule has 0 bridgehead atoms. The van der Waals surface area contributed by atoms with Gasteiger partial charge in [0.15, 0.2) is 0 Å². The Labute approximate surface area is 106 Å². The van der Waals surface area contributed by atoms with Gasteiger partial charge < -0.3 is 9.97 Å². The number of nitrogens with zero attached hydrogens (tertiary/aromatic N) is 2. The number of aromatic nitrogens is 4. The molecule has 0 radical (unpaired) electrons. The molecule has 0 spiro atoms. The summed E-state index contributed by atoms with van der Waals surface area (Å²) < 4.78 is 0. The molecule has 7 nitrogen and oxygen atoms in total. The van der Waals surface area contributed by atoms with Gasteiger partial charge in [-0.25, -0.2) is 14.8 Å². The van der Waals surface area contributed by atoms with Gasteiger partial charge in [0, 0.05) is 18.0 Å². The largest absolute Gasteiger partial charge is 0.323 e. The highest BCUT2D eigenvalue weighted by Crippen LogP contribution is 2.11. The van der Waals surface area contributed by atoms with Crippen molar-refractivity contribution in [1.82, 2.24) is 19.9 Å². The Morgan fingerprint density at radius 3 is 2.63 bits per heavy atom. The minimum Gasteiger partial charge on any atom is -0.306 e. The number of aromatic amines is 2. The molecule has 2 heterocycles. The van der Waals surface area contributed by atoms with Crippen LogP contribution in [0.3, 0.4) is 0 Å². The Kier molecular flexibility index (Phi) is 2.57. The Morgan fingerprint density at radius 2 is 1.84 bits per heavy atom. The summed E-state index contributed by atoms with van der Waals surface area (Å²) in [4.78, 5) is 36.1. The zero-order valence-corrected chi connectivity index (χ0v) is 9.68. The lowest BCUT2D eigenvalue weighted by atomic mass is 10.2. The number of rotatable bonds is 2. The minimum absolute atomic E-state index is 0.232. The second kappa shape index (κ2) is 4.37. The molecule has 1 amide bonds. The molecule has 0 atom stereocenters. The van der Waals surface area contributed by atoms with E-state index in [4.69, 9.17) is 0 Å². The van der Waals surface area contributed by atoms with Crippen LogP contribution in [-0.2, 0) is 0 Å². The second-order valence-electron chi connectivity index (χ2n) is 3.87. The molecule has 7 heteroatoms. The van der Waals surface area contributed by atoms with E-state index < -0.39 is 0 Å². The molecule has 0 aliphatic heterocycles. The summed E-state index contributed by atoms with van der Waals surface area (Å²) >= 11 is 0. The van der Waals surface area contributed by atoms with Crippen LogP contribution in [0.4, 0.5) is 5.95 Å². The van der Waals surface area contributed by atoms with E-state index in [2.05, 4.69) is 25.3 Å². The number of benzene rings is 1. The van der Waals surface area contributed by atoms with Gasteiger partial charge in [0.1, 0.15) is 0 Å². The lowest BCUT2D eigenvalue weighted by molar-refractivity contribution is 0.102. The summed E-state index contributed by atoms with van der Waals surface area (Å²) in [5.41, 5.74) is 1.33. The molecular weight excluding hydrogens is 246 g/mol. The zero-order chi connectivity index (χ0) is 13.2. The van der Waals surface area contributed by atoms with Crippen molar-refractivity contribution >= 4 is 22.9 Å². The van der Waals surface area contributed by atoms with Gasteiger partial charge in [0.2, 0.25) is 5.95 Å². The number of anilines is 1. The smallest absolute Gasteiger partial charge is 0.306 e. The second-order valence-corrected chi connectivity index (χ2v) is 3.87. The molecule has 3 aromatic rings. The maximum atomic E-state index is 12.0. The third kappa shape index (κ3) is 2.21. The van der Waals surface area contributed by atoms with Crippen LogP contribution in [-0.4, -0.2) is 25.8 Å². The van der Waals surface area contributed by atoms with Crippen molar-refractivity contribution < 1.29 is 4.79 Å². The summed E-state index contributed by atoms with van der Waals surface area (Å²) in [6, 6.07) is 6.52. The van der Waals surface area contributed by atoms with E-state index in [1.54, 1.807) is 24.3 Å². The molecule has 1 aromatic carbocycles. The normalized spacial score (nSPS) is 10.5. The van der Waals surface area contributed by atoms with Crippen molar-refractivity contribution in [3.8, 4) is 0 Å². The number of amides is 1. The Balaban J connectivity index is 1.91. The van der Waals surface area contributed by atoms with Gasteiger partial charge >= 0.3 is 5.69 Å². The van der Waals surface area contributed by atoms with Gasteiger partial charge in [-0.15, -0.1) is 0 Å². The van der Waals surface area contributed by atoms with Crippen LogP contribution in [0.5, 0.6) is 0 Å². The van der Waals surface area contributed by atoms with Gasteiger partial charge in [-0.3, -0.25) is 10.1 Å². The fourth-order valence-electron chi connectivity index (χ4n) is 1.71. The van der Waals surface area contributed by atoms with Crippen molar-refractivity contribution in [3.63, 3.8) is 0 Å². The number of carbonyl (C=O) groups is 1. The molecule has 0 aliphatic rings. The van der Waals surface area contributed by atoms with E-state index in [9.17, 15) is 9.59 Å². The van der Waals surface area contributed by atoms with Crippen molar-refractivity contribution in [2.24, 2.45) is 0 Å². The first-order valence-corrected chi connectivity index (χ1v) is 5.53. The average Bonchev–Trinajstić information content (AvgIpc) is 2.78. The third-order valence-corrected chi connectivity index (χ3v) is 2.57. The van der Waals surface area contributed by atoms with Crippen molar-refractivity contribution in [2.45, 2.75) is 0 Å². The van der Waals surface area contributed by atoms with Crippen LogP contribution in [0.15, 0.2) is 41.5 Å². The molecule has 0 saturated heterocycles. The van der Waals surface area contributed by atoms with Crippen LogP contribution in [0, 0.1) is 0 Å². The highest BCUT2D eigenvalue weighted by Gasteiger charge is 2.09. The summed E-state index contributed by atoms with van der Waals surface area (Å²) in [6.45, 7) is 0. The number of H-pyrrole nitrogens is 2. The zero-order valence-electron chi connectivity index (χ0n) is 9.68. The lowest BCUT2D eigenvalue weighted by Crippen LogP contribution is -2.13. The standard InChI is InChI=1S/C12H9N5O2/c18-10(17-11-13-4-1-5-14-11)7-2-3-8-9(6-7)16-12(19)15-8/h1-6H,(H2,15,16,19)(H,13,14,17,18).